The van der Waals surface area contributed by atoms with Gasteiger partial charge in [-0.15, -0.1) is 0 Å². The van der Waals surface area contributed by atoms with Gasteiger partial charge in [-0.05, 0) is 43.3 Å². The zero-order valence-corrected chi connectivity index (χ0v) is 14.1. The van der Waals surface area contributed by atoms with Crippen molar-refractivity contribution in [2.24, 2.45) is 0 Å². The van der Waals surface area contributed by atoms with E-state index in [1.807, 2.05) is 0 Å². The van der Waals surface area contributed by atoms with Crippen LogP contribution in [0.25, 0.3) is 10.9 Å². The van der Waals surface area contributed by atoms with Crippen molar-refractivity contribution < 1.29 is 22.3 Å². The van der Waals surface area contributed by atoms with Crippen LogP contribution in [0.2, 0.25) is 0 Å². The number of aromatic nitrogens is 1. The lowest BCUT2D eigenvalue weighted by atomic mass is 10.1. The fourth-order valence-electron chi connectivity index (χ4n) is 2.80. The van der Waals surface area contributed by atoms with Gasteiger partial charge in [-0.1, -0.05) is 6.07 Å². The molecule has 0 amide bonds. The third kappa shape index (κ3) is 3.56. The van der Waals surface area contributed by atoms with Crippen LogP contribution in [0.4, 0.5) is 23.2 Å². The van der Waals surface area contributed by atoms with Crippen molar-refractivity contribution in [1.82, 2.24) is 4.98 Å². The van der Waals surface area contributed by atoms with E-state index in [0.29, 0.717) is 28.0 Å². The quantitative estimate of drug-likeness (QED) is 0.636. The topological polar surface area (TPSA) is 34.1 Å². The van der Waals surface area contributed by atoms with Gasteiger partial charge >= 0.3 is 6.18 Å². The van der Waals surface area contributed by atoms with Gasteiger partial charge in [0.1, 0.15) is 11.6 Å². The number of methoxy groups -OCH3 is 1. The molecule has 0 aliphatic carbocycles. The summed E-state index contributed by atoms with van der Waals surface area (Å²) in [7, 11) is 1.52. The number of alkyl halides is 3. The Morgan fingerprint density at radius 2 is 1.88 bits per heavy atom. The molecule has 3 rings (SSSR count). The minimum absolute atomic E-state index is 0.308. The number of hydrogen-bond acceptors (Lipinski definition) is 3. The van der Waals surface area contributed by atoms with Crippen LogP contribution in [-0.4, -0.2) is 12.1 Å². The SMILES string of the molecule is COc1ccc2nc(C)cc(NCc3c(F)cccc3C(F)(F)F)c2c1. The maximum atomic E-state index is 14.0. The number of rotatable bonds is 4. The summed E-state index contributed by atoms with van der Waals surface area (Å²) in [6, 6.07) is 9.89. The lowest BCUT2D eigenvalue weighted by Crippen LogP contribution is -2.14. The maximum Gasteiger partial charge on any atom is 0.416 e. The van der Waals surface area contributed by atoms with Gasteiger partial charge in [0.25, 0.3) is 0 Å². The summed E-state index contributed by atoms with van der Waals surface area (Å²) in [4.78, 5) is 4.39. The number of hydrogen-bond donors (Lipinski definition) is 1. The van der Waals surface area contributed by atoms with Crippen LogP contribution in [-0.2, 0) is 12.7 Å². The molecule has 0 spiro atoms. The third-order valence-corrected chi connectivity index (χ3v) is 4.02. The lowest BCUT2D eigenvalue weighted by Gasteiger charge is -2.16. The number of halogens is 4. The van der Waals surface area contributed by atoms with Crippen molar-refractivity contribution in [1.29, 1.82) is 0 Å². The minimum atomic E-state index is -4.63. The smallest absolute Gasteiger partial charge is 0.416 e. The van der Waals surface area contributed by atoms with E-state index >= 15 is 0 Å². The molecule has 1 N–H and O–H groups in total. The normalized spacial score (nSPS) is 11.6. The van der Waals surface area contributed by atoms with Gasteiger partial charge in [-0.3, -0.25) is 4.98 Å². The van der Waals surface area contributed by atoms with Crippen LogP contribution >= 0.6 is 0 Å². The standard InChI is InChI=1S/C19H16F4N2O/c1-11-8-18(13-9-12(26-2)6-7-17(13)25-11)24-10-14-15(19(21,22)23)4-3-5-16(14)20/h3-9H,10H2,1-2H3,(H,24,25). The highest BCUT2D eigenvalue weighted by molar-refractivity contribution is 5.92. The molecule has 0 saturated heterocycles. The number of nitrogens with zero attached hydrogens (tertiary/aromatic N) is 1. The highest BCUT2D eigenvalue weighted by Gasteiger charge is 2.34. The van der Waals surface area contributed by atoms with Crippen LogP contribution < -0.4 is 10.1 Å². The Morgan fingerprint density at radius 3 is 2.58 bits per heavy atom. The molecule has 3 nitrogen and oxygen atoms in total. The van der Waals surface area contributed by atoms with E-state index in [2.05, 4.69) is 10.3 Å². The largest absolute Gasteiger partial charge is 0.497 e. The Morgan fingerprint density at radius 1 is 1.12 bits per heavy atom. The Bertz CT molecular complexity index is 954. The predicted molar refractivity (Wildman–Crippen MR) is 91.8 cm³/mol. The molecule has 26 heavy (non-hydrogen) atoms. The second kappa shape index (κ2) is 6.82. The molecule has 1 heterocycles. The lowest BCUT2D eigenvalue weighted by molar-refractivity contribution is -0.138. The van der Waals surface area contributed by atoms with E-state index in [-0.39, 0.29) is 6.54 Å². The molecule has 136 valence electrons. The van der Waals surface area contributed by atoms with Gasteiger partial charge in [0.15, 0.2) is 0 Å². The molecule has 0 saturated carbocycles. The first-order valence-electron chi connectivity index (χ1n) is 7.83. The molecule has 0 aliphatic rings. The number of aryl methyl sites for hydroxylation is 1. The van der Waals surface area contributed by atoms with E-state index < -0.39 is 23.1 Å². The van der Waals surface area contributed by atoms with Gasteiger partial charge in [0, 0.05) is 28.9 Å². The van der Waals surface area contributed by atoms with Gasteiger partial charge in [0.2, 0.25) is 0 Å². The Kier molecular flexibility index (Phi) is 4.71. The molecule has 0 unspecified atom stereocenters. The zero-order chi connectivity index (χ0) is 18.9. The predicted octanol–water partition coefficient (Wildman–Crippen LogP) is 5.32. The fraction of sp³-hybridized carbons (Fsp3) is 0.211. The van der Waals surface area contributed by atoms with Crippen molar-refractivity contribution in [3.8, 4) is 5.75 Å². The number of fused-ring (bicyclic) bond motifs is 1. The van der Waals surface area contributed by atoms with Crippen LogP contribution in [0.5, 0.6) is 5.75 Å². The first kappa shape index (κ1) is 18.0. The van der Waals surface area contributed by atoms with E-state index in [4.69, 9.17) is 4.74 Å². The average Bonchev–Trinajstić information content (AvgIpc) is 2.59. The molecular weight excluding hydrogens is 348 g/mol. The molecule has 0 radical (unpaired) electrons. The fourth-order valence-corrected chi connectivity index (χ4v) is 2.80. The number of anilines is 1. The van der Waals surface area contributed by atoms with Gasteiger partial charge in [-0.25, -0.2) is 4.39 Å². The number of benzene rings is 2. The Labute approximate surface area is 147 Å². The summed E-state index contributed by atoms with van der Waals surface area (Å²) in [5.41, 5.74) is 0.499. The number of pyridine rings is 1. The van der Waals surface area contributed by atoms with E-state index in [0.717, 1.165) is 18.2 Å². The molecule has 2 aromatic carbocycles. The molecule has 0 aliphatic heterocycles. The van der Waals surface area contributed by atoms with Crippen LogP contribution in [0.1, 0.15) is 16.8 Å². The molecule has 0 fully saturated rings. The first-order valence-corrected chi connectivity index (χ1v) is 7.83. The van der Waals surface area contributed by atoms with Crippen LogP contribution in [0, 0.1) is 12.7 Å². The zero-order valence-electron chi connectivity index (χ0n) is 14.1. The highest BCUT2D eigenvalue weighted by atomic mass is 19.4. The van der Waals surface area contributed by atoms with Gasteiger partial charge in [-0.2, -0.15) is 13.2 Å². The van der Waals surface area contributed by atoms with E-state index in [1.165, 1.54) is 7.11 Å². The number of nitrogens with one attached hydrogen (secondary N) is 1. The monoisotopic (exact) mass is 364 g/mol. The van der Waals surface area contributed by atoms with Crippen LogP contribution in [0.15, 0.2) is 42.5 Å². The maximum absolute atomic E-state index is 14.0. The summed E-state index contributed by atoms with van der Waals surface area (Å²) >= 11 is 0. The van der Waals surface area contributed by atoms with Crippen molar-refractivity contribution in [3.63, 3.8) is 0 Å². The van der Waals surface area contributed by atoms with Crippen molar-refractivity contribution in [2.45, 2.75) is 19.6 Å². The average molecular weight is 364 g/mol. The highest BCUT2D eigenvalue weighted by Crippen LogP contribution is 2.34. The summed E-state index contributed by atoms with van der Waals surface area (Å²) in [5.74, 6) is -0.312. The summed E-state index contributed by atoms with van der Waals surface area (Å²) in [6.45, 7) is 1.47. The number of ether oxygens (including phenoxy) is 1. The third-order valence-electron chi connectivity index (χ3n) is 4.02. The second-order valence-corrected chi connectivity index (χ2v) is 5.81. The van der Waals surface area contributed by atoms with E-state index in [9.17, 15) is 17.6 Å². The van der Waals surface area contributed by atoms with Crippen molar-refractivity contribution in [3.05, 3.63) is 65.1 Å². The minimum Gasteiger partial charge on any atom is -0.497 e. The Hall–Kier alpha value is -2.83. The molecular formula is C19H16F4N2O. The Balaban J connectivity index is 2.01. The van der Waals surface area contributed by atoms with Gasteiger partial charge in [0.05, 0.1) is 18.2 Å². The van der Waals surface area contributed by atoms with Crippen molar-refractivity contribution >= 4 is 16.6 Å². The molecule has 0 atom stereocenters. The summed E-state index contributed by atoms with van der Waals surface area (Å²) in [5, 5.41) is 3.59. The molecule has 1 aromatic heterocycles. The first-order chi connectivity index (χ1) is 12.3. The molecule has 3 aromatic rings. The summed E-state index contributed by atoms with van der Waals surface area (Å²) in [6.07, 6.45) is -4.63. The van der Waals surface area contributed by atoms with Crippen molar-refractivity contribution in [2.75, 3.05) is 12.4 Å². The molecule has 0 bridgehead atoms. The van der Waals surface area contributed by atoms with E-state index in [1.54, 1.807) is 31.2 Å². The molecule has 7 heteroatoms. The summed E-state index contributed by atoms with van der Waals surface area (Å²) < 4.78 is 58.7. The second-order valence-electron chi connectivity index (χ2n) is 5.81. The van der Waals surface area contributed by atoms with Gasteiger partial charge < -0.3 is 10.1 Å². The van der Waals surface area contributed by atoms with Crippen LogP contribution in [0.3, 0.4) is 0 Å².